The smallest absolute Gasteiger partial charge is 0.142 e. The SMILES string of the molecule is COc1ccc(OC)c(NC2CCCCC2)c1. The second-order valence-electron chi connectivity index (χ2n) is 4.55. The van der Waals surface area contributed by atoms with Crippen LogP contribution in [-0.2, 0) is 0 Å². The van der Waals surface area contributed by atoms with Crippen LogP contribution in [0.25, 0.3) is 0 Å². The highest BCUT2D eigenvalue weighted by Crippen LogP contribution is 2.31. The van der Waals surface area contributed by atoms with Gasteiger partial charge in [-0.25, -0.2) is 0 Å². The number of benzene rings is 1. The highest BCUT2D eigenvalue weighted by molar-refractivity contribution is 5.60. The average Bonchev–Trinajstić information content (AvgIpc) is 2.40. The number of hydrogen-bond acceptors (Lipinski definition) is 3. The van der Waals surface area contributed by atoms with Crippen LogP contribution in [0.4, 0.5) is 5.69 Å². The summed E-state index contributed by atoms with van der Waals surface area (Å²) in [5.41, 5.74) is 1.04. The van der Waals surface area contributed by atoms with Crippen molar-refractivity contribution in [3.05, 3.63) is 18.2 Å². The molecule has 2 rings (SSSR count). The van der Waals surface area contributed by atoms with Crippen molar-refractivity contribution in [3.63, 3.8) is 0 Å². The first kappa shape index (κ1) is 12.1. The number of hydrogen-bond donors (Lipinski definition) is 1. The fraction of sp³-hybridized carbons (Fsp3) is 0.571. The van der Waals surface area contributed by atoms with Gasteiger partial charge in [-0.3, -0.25) is 0 Å². The number of rotatable bonds is 4. The Morgan fingerprint density at radius 2 is 1.82 bits per heavy atom. The normalized spacial score (nSPS) is 16.6. The van der Waals surface area contributed by atoms with Gasteiger partial charge < -0.3 is 14.8 Å². The number of ether oxygens (including phenoxy) is 2. The van der Waals surface area contributed by atoms with Gasteiger partial charge in [-0.15, -0.1) is 0 Å². The quantitative estimate of drug-likeness (QED) is 0.867. The molecule has 0 radical (unpaired) electrons. The van der Waals surface area contributed by atoms with Crippen molar-refractivity contribution in [2.45, 2.75) is 38.1 Å². The monoisotopic (exact) mass is 235 g/mol. The van der Waals surface area contributed by atoms with Crippen LogP contribution in [0.5, 0.6) is 11.5 Å². The topological polar surface area (TPSA) is 30.5 Å². The fourth-order valence-corrected chi connectivity index (χ4v) is 2.39. The van der Waals surface area contributed by atoms with E-state index in [4.69, 9.17) is 9.47 Å². The van der Waals surface area contributed by atoms with Crippen LogP contribution >= 0.6 is 0 Å². The molecule has 0 spiro atoms. The van der Waals surface area contributed by atoms with Gasteiger partial charge in [-0.2, -0.15) is 0 Å². The molecule has 0 atom stereocenters. The highest BCUT2D eigenvalue weighted by atomic mass is 16.5. The molecule has 1 N–H and O–H groups in total. The molecule has 1 fully saturated rings. The molecule has 1 aromatic rings. The Morgan fingerprint density at radius 1 is 1.06 bits per heavy atom. The Bertz CT molecular complexity index is 359. The van der Waals surface area contributed by atoms with Crippen molar-refractivity contribution in [1.29, 1.82) is 0 Å². The van der Waals surface area contributed by atoms with Gasteiger partial charge in [0.2, 0.25) is 0 Å². The molecule has 3 heteroatoms. The largest absolute Gasteiger partial charge is 0.497 e. The Kier molecular flexibility index (Phi) is 4.13. The zero-order valence-corrected chi connectivity index (χ0v) is 10.7. The maximum atomic E-state index is 5.37. The predicted octanol–water partition coefficient (Wildman–Crippen LogP) is 3.45. The zero-order chi connectivity index (χ0) is 12.1. The molecule has 0 amide bonds. The van der Waals surface area contributed by atoms with Gasteiger partial charge in [-0.1, -0.05) is 19.3 Å². The van der Waals surface area contributed by atoms with Crippen LogP contribution in [0.2, 0.25) is 0 Å². The molecule has 0 bridgehead atoms. The van der Waals surface area contributed by atoms with E-state index >= 15 is 0 Å². The van der Waals surface area contributed by atoms with Gasteiger partial charge in [0.15, 0.2) is 0 Å². The third kappa shape index (κ3) is 3.05. The molecular formula is C14H21NO2. The lowest BCUT2D eigenvalue weighted by Crippen LogP contribution is -2.22. The summed E-state index contributed by atoms with van der Waals surface area (Å²) in [6.45, 7) is 0. The molecular weight excluding hydrogens is 214 g/mol. The molecule has 17 heavy (non-hydrogen) atoms. The molecule has 1 aromatic carbocycles. The second-order valence-corrected chi connectivity index (χ2v) is 4.55. The van der Waals surface area contributed by atoms with Crippen molar-refractivity contribution in [3.8, 4) is 11.5 Å². The maximum Gasteiger partial charge on any atom is 0.142 e. The third-order valence-corrected chi connectivity index (χ3v) is 3.37. The summed E-state index contributed by atoms with van der Waals surface area (Å²) in [7, 11) is 3.39. The van der Waals surface area contributed by atoms with E-state index in [1.165, 1.54) is 32.1 Å². The molecule has 94 valence electrons. The Hall–Kier alpha value is -1.38. The lowest BCUT2D eigenvalue weighted by Gasteiger charge is -2.25. The van der Waals surface area contributed by atoms with Crippen LogP contribution in [0.15, 0.2) is 18.2 Å². The first-order valence-corrected chi connectivity index (χ1v) is 6.32. The van der Waals surface area contributed by atoms with Crippen LogP contribution < -0.4 is 14.8 Å². The van der Waals surface area contributed by atoms with Gasteiger partial charge >= 0.3 is 0 Å². The zero-order valence-electron chi connectivity index (χ0n) is 10.7. The number of anilines is 1. The Morgan fingerprint density at radius 3 is 2.47 bits per heavy atom. The van der Waals surface area contributed by atoms with E-state index in [0.29, 0.717) is 6.04 Å². The highest BCUT2D eigenvalue weighted by Gasteiger charge is 2.15. The molecule has 3 nitrogen and oxygen atoms in total. The van der Waals surface area contributed by atoms with Crippen LogP contribution in [0.1, 0.15) is 32.1 Å². The van der Waals surface area contributed by atoms with E-state index in [-0.39, 0.29) is 0 Å². The maximum absolute atomic E-state index is 5.37. The summed E-state index contributed by atoms with van der Waals surface area (Å²) >= 11 is 0. The van der Waals surface area contributed by atoms with E-state index in [1.54, 1.807) is 14.2 Å². The van der Waals surface area contributed by atoms with E-state index in [1.807, 2.05) is 18.2 Å². The minimum atomic E-state index is 0.574. The molecule has 1 saturated carbocycles. The standard InChI is InChI=1S/C14H21NO2/c1-16-12-8-9-14(17-2)13(10-12)15-11-6-4-3-5-7-11/h8-11,15H,3-7H2,1-2H3. The summed E-state index contributed by atoms with van der Waals surface area (Å²) in [6.07, 6.45) is 6.52. The first-order chi connectivity index (χ1) is 8.33. The summed E-state index contributed by atoms with van der Waals surface area (Å²) in [5.74, 6) is 1.75. The van der Waals surface area contributed by atoms with Crippen molar-refractivity contribution in [1.82, 2.24) is 0 Å². The minimum absolute atomic E-state index is 0.574. The molecule has 0 saturated heterocycles. The van der Waals surface area contributed by atoms with Crippen molar-refractivity contribution < 1.29 is 9.47 Å². The third-order valence-electron chi connectivity index (χ3n) is 3.37. The average molecular weight is 235 g/mol. The number of methoxy groups -OCH3 is 2. The van der Waals surface area contributed by atoms with Crippen molar-refractivity contribution >= 4 is 5.69 Å². The van der Waals surface area contributed by atoms with Gasteiger partial charge in [0.05, 0.1) is 19.9 Å². The van der Waals surface area contributed by atoms with E-state index < -0.39 is 0 Å². The fourth-order valence-electron chi connectivity index (χ4n) is 2.39. The molecule has 0 unspecified atom stereocenters. The van der Waals surface area contributed by atoms with Gasteiger partial charge in [0.1, 0.15) is 11.5 Å². The summed E-state index contributed by atoms with van der Waals surface area (Å²) in [4.78, 5) is 0. The van der Waals surface area contributed by atoms with E-state index in [0.717, 1.165) is 17.2 Å². The van der Waals surface area contributed by atoms with Gasteiger partial charge in [-0.05, 0) is 25.0 Å². The Balaban J connectivity index is 2.11. The van der Waals surface area contributed by atoms with Crippen molar-refractivity contribution in [2.24, 2.45) is 0 Å². The molecule has 1 aliphatic carbocycles. The number of nitrogens with one attached hydrogen (secondary N) is 1. The van der Waals surface area contributed by atoms with Gasteiger partial charge in [0.25, 0.3) is 0 Å². The van der Waals surface area contributed by atoms with Crippen molar-refractivity contribution in [2.75, 3.05) is 19.5 Å². The molecule has 0 heterocycles. The minimum Gasteiger partial charge on any atom is -0.497 e. The lowest BCUT2D eigenvalue weighted by molar-refractivity contribution is 0.402. The summed E-state index contributed by atoms with van der Waals surface area (Å²) in [5, 5.41) is 3.57. The summed E-state index contributed by atoms with van der Waals surface area (Å²) in [6, 6.07) is 6.45. The van der Waals surface area contributed by atoms with Crippen LogP contribution in [-0.4, -0.2) is 20.3 Å². The van der Waals surface area contributed by atoms with Crippen LogP contribution in [0, 0.1) is 0 Å². The molecule has 0 aromatic heterocycles. The predicted molar refractivity (Wildman–Crippen MR) is 70.0 cm³/mol. The second kappa shape index (κ2) is 5.80. The molecule has 1 aliphatic rings. The van der Waals surface area contributed by atoms with Gasteiger partial charge in [0, 0.05) is 12.1 Å². The van der Waals surface area contributed by atoms with Crippen LogP contribution in [0.3, 0.4) is 0 Å². The molecule has 0 aliphatic heterocycles. The Labute approximate surface area is 103 Å². The summed E-state index contributed by atoms with van der Waals surface area (Å²) < 4.78 is 10.6. The van der Waals surface area contributed by atoms with E-state index in [2.05, 4.69) is 5.32 Å². The van der Waals surface area contributed by atoms with E-state index in [9.17, 15) is 0 Å². The first-order valence-electron chi connectivity index (χ1n) is 6.32. The lowest BCUT2D eigenvalue weighted by atomic mass is 9.95.